The number of nitrogens with one attached hydrogen (secondary N) is 2. The number of phenols is 1. The lowest BCUT2D eigenvalue weighted by atomic mass is 9.99. The summed E-state index contributed by atoms with van der Waals surface area (Å²) in [5.74, 6) is -1.14. The van der Waals surface area contributed by atoms with Gasteiger partial charge in [0.05, 0.1) is 17.3 Å². The number of nitrogens with zero attached hydrogens (tertiary/aromatic N) is 1. The van der Waals surface area contributed by atoms with Crippen molar-refractivity contribution < 1.29 is 29.3 Å². The number of alkyl carbamates (subject to hydrolysis) is 1. The van der Waals surface area contributed by atoms with Crippen LogP contribution in [0.15, 0.2) is 36.4 Å². The van der Waals surface area contributed by atoms with Gasteiger partial charge in [-0.05, 0) is 75.9 Å². The van der Waals surface area contributed by atoms with Crippen LogP contribution in [0.5, 0.6) is 5.75 Å². The Morgan fingerprint density at radius 3 is 2.33 bits per heavy atom. The van der Waals surface area contributed by atoms with Crippen LogP contribution in [0.2, 0.25) is 5.02 Å². The number of hydrogen-bond donors (Lipinski definition) is 4. The number of aryl methyl sites for hydroxylation is 2. The van der Waals surface area contributed by atoms with E-state index in [4.69, 9.17) is 16.3 Å². The van der Waals surface area contributed by atoms with Crippen LogP contribution in [0.25, 0.3) is 0 Å². The van der Waals surface area contributed by atoms with E-state index >= 15 is 0 Å². The average Bonchev–Trinajstić information content (AvgIpc) is 2.85. The maximum Gasteiger partial charge on any atom is 0.408 e. The molecule has 2 aromatic rings. The first-order chi connectivity index (χ1) is 18.3. The lowest BCUT2D eigenvalue weighted by molar-refractivity contribution is -0.141. The number of anilines is 1. The first kappa shape index (κ1) is 31.9. The summed E-state index contributed by atoms with van der Waals surface area (Å²) in [5, 5.41) is 25.8. The molecule has 2 rings (SSSR count). The Balaban J connectivity index is 2.56. The van der Waals surface area contributed by atoms with Gasteiger partial charge in [0.25, 0.3) is 5.91 Å². The highest BCUT2D eigenvalue weighted by Gasteiger charge is 2.36. The molecule has 0 saturated heterocycles. The fourth-order valence-corrected chi connectivity index (χ4v) is 4.31. The molecule has 0 aliphatic rings. The minimum Gasteiger partial charge on any atom is -0.508 e. The average molecular weight is 562 g/mol. The predicted molar refractivity (Wildman–Crippen MR) is 152 cm³/mol. The van der Waals surface area contributed by atoms with E-state index in [9.17, 15) is 24.6 Å². The van der Waals surface area contributed by atoms with Crippen molar-refractivity contribution in [1.82, 2.24) is 10.2 Å². The number of carbonyl (C=O) groups excluding carboxylic acids is 3. The highest BCUT2D eigenvalue weighted by Crippen LogP contribution is 2.31. The van der Waals surface area contributed by atoms with Crippen LogP contribution >= 0.6 is 11.6 Å². The fraction of sp³-hybridized carbons (Fsp3) is 0.483. The van der Waals surface area contributed by atoms with Gasteiger partial charge in [0.1, 0.15) is 23.4 Å². The second kappa shape index (κ2) is 14.2. The Hall–Kier alpha value is -3.30. The lowest BCUT2D eigenvalue weighted by Gasteiger charge is -2.34. The molecular weight excluding hydrogens is 522 g/mol. The SMILES string of the molecule is CCCCCN(C(=O)C(CO)NC(=O)OC(C)(C)C)C(C(=O)Nc1c(C)cccc1Cl)c1ccc(O)c(C)c1. The number of aromatic hydroxyl groups is 1. The van der Waals surface area contributed by atoms with Gasteiger partial charge >= 0.3 is 6.09 Å². The minimum absolute atomic E-state index is 0.0449. The van der Waals surface area contributed by atoms with Gasteiger partial charge in [-0.1, -0.05) is 49.6 Å². The summed E-state index contributed by atoms with van der Waals surface area (Å²) in [6.45, 7) is 10.0. The number of phenolic OH excluding ortho intramolecular Hbond substituents is 1. The molecule has 4 N–H and O–H groups in total. The number of aliphatic hydroxyl groups excluding tert-OH is 1. The molecule has 2 atom stereocenters. The van der Waals surface area contributed by atoms with Crippen LogP contribution in [0.3, 0.4) is 0 Å². The van der Waals surface area contributed by atoms with Crippen molar-refractivity contribution >= 4 is 35.2 Å². The Kier molecular flexibility index (Phi) is 11.6. The van der Waals surface area contributed by atoms with Crippen LogP contribution in [0, 0.1) is 13.8 Å². The summed E-state index contributed by atoms with van der Waals surface area (Å²) < 4.78 is 5.27. The van der Waals surface area contributed by atoms with Crippen molar-refractivity contribution in [2.45, 2.75) is 78.5 Å². The van der Waals surface area contributed by atoms with Gasteiger partial charge in [0.2, 0.25) is 5.91 Å². The molecule has 0 radical (unpaired) electrons. The van der Waals surface area contributed by atoms with E-state index in [0.717, 1.165) is 18.4 Å². The molecule has 0 aromatic heterocycles. The van der Waals surface area contributed by atoms with Gasteiger partial charge < -0.3 is 30.5 Å². The number of rotatable bonds is 11. The number of ether oxygens (including phenoxy) is 1. The van der Waals surface area contributed by atoms with Crippen molar-refractivity contribution in [3.63, 3.8) is 0 Å². The fourth-order valence-electron chi connectivity index (χ4n) is 4.04. The molecule has 9 nitrogen and oxygen atoms in total. The molecule has 0 aliphatic heterocycles. The molecule has 214 valence electrons. The number of benzene rings is 2. The Labute approximate surface area is 235 Å². The highest BCUT2D eigenvalue weighted by molar-refractivity contribution is 6.34. The van der Waals surface area contributed by atoms with Gasteiger partial charge in [-0.2, -0.15) is 0 Å². The van der Waals surface area contributed by atoms with E-state index in [-0.39, 0.29) is 12.3 Å². The third-order valence-electron chi connectivity index (χ3n) is 6.02. The number of hydrogen-bond acceptors (Lipinski definition) is 6. The zero-order valence-corrected chi connectivity index (χ0v) is 24.3. The molecule has 0 fully saturated rings. The molecule has 0 bridgehead atoms. The molecule has 0 aliphatic carbocycles. The maximum atomic E-state index is 13.9. The first-order valence-electron chi connectivity index (χ1n) is 13.0. The summed E-state index contributed by atoms with van der Waals surface area (Å²) in [5.41, 5.74) is 1.31. The normalized spacial score (nSPS) is 12.8. The molecule has 0 heterocycles. The summed E-state index contributed by atoms with van der Waals surface area (Å²) >= 11 is 6.37. The maximum absolute atomic E-state index is 13.9. The summed E-state index contributed by atoms with van der Waals surface area (Å²) in [6.07, 6.45) is 1.38. The van der Waals surface area contributed by atoms with Gasteiger partial charge in [-0.3, -0.25) is 9.59 Å². The topological polar surface area (TPSA) is 128 Å². The number of aliphatic hydroxyl groups is 1. The third kappa shape index (κ3) is 9.14. The summed E-state index contributed by atoms with van der Waals surface area (Å²) in [4.78, 5) is 41.6. The van der Waals surface area contributed by atoms with Crippen LogP contribution in [-0.2, 0) is 14.3 Å². The van der Waals surface area contributed by atoms with Crippen LogP contribution in [-0.4, -0.2) is 57.8 Å². The standard InChI is InChI=1S/C29H40ClN3O6/c1-7-8-9-15-33(27(37)22(17-34)31-28(38)39-29(4,5)6)25(20-13-14-23(35)19(3)16-20)26(36)32-24-18(2)11-10-12-21(24)30/h10-14,16,22,25,34-35H,7-9,15,17H2,1-6H3,(H,31,38)(H,32,36). The van der Waals surface area contributed by atoms with Crippen LogP contribution in [0.1, 0.15) is 69.7 Å². The number of para-hydroxylation sites is 1. The Bertz CT molecular complexity index is 1140. The molecule has 39 heavy (non-hydrogen) atoms. The van der Waals surface area contributed by atoms with Crippen molar-refractivity contribution in [3.8, 4) is 5.75 Å². The van der Waals surface area contributed by atoms with Gasteiger partial charge in [-0.15, -0.1) is 0 Å². The molecule has 2 aromatic carbocycles. The van der Waals surface area contributed by atoms with Crippen molar-refractivity contribution in [2.24, 2.45) is 0 Å². The smallest absolute Gasteiger partial charge is 0.408 e. The van der Waals surface area contributed by atoms with Crippen LogP contribution in [0.4, 0.5) is 10.5 Å². The largest absolute Gasteiger partial charge is 0.508 e. The van der Waals surface area contributed by atoms with E-state index in [1.165, 1.54) is 11.0 Å². The highest BCUT2D eigenvalue weighted by atomic mass is 35.5. The van der Waals surface area contributed by atoms with Crippen molar-refractivity contribution in [1.29, 1.82) is 0 Å². The molecule has 2 unspecified atom stereocenters. The Morgan fingerprint density at radius 1 is 1.08 bits per heavy atom. The quantitative estimate of drug-likeness (QED) is 0.277. The van der Waals surface area contributed by atoms with Gasteiger partial charge in [-0.25, -0.2) is 4.79 Å². The van der Waals surface area contributed by atoms with Gasteiger partial charge in [0.15, 0.2) is 0 Å². The van der Waals surface area contributed by atoms with E-state index in [1.54, 1.807) is 65.0 Å². The predicted octanol–water partition coefficient (Wildman–Crippen LogP) is 5.25. The third-order valence-corrected chi connectivity index (χ3v) is 6.34. The minimum atomic E-state index is -1.35. The zero-order valence-electron chi connectivity index (χ0n) is 23.5. The van der Waals surface area contributed by atoms with Gasteiger partial charge in [0, 0.05) is 6.54 Å². The summed E-state index contributed by atoms with van der Waals surface area (Å²) in [7, 11) is 0. The lowest BCUT2D eigenvalue weighted by Crippen LogP contribution is -2.54. The van der Waals surface area contributed by atoms with E-state index in [1.807, 2.05) is 6.92 Å². The van der Waals surface area contributed by atoms with E-state index in [2.05, 4.69) is 10.6 Å². The van der Waals surface area contributed by atoms with Crippen LogP contribution < -0.4 is 10.6 Å². The van der Waals surface area contributed by atoms with E-state index in [0.29, 0.717) is 28.3 Å². The summed E-state index contributed by atoms with van der Waals surface area (Å²) in [6, 6.07) is 7.39. The number of halogens is 1. The first-order valence-corrected chi connectivity index (χ1v) is 13.4. The second-order valence-corrected chi connectivity index (χ2v) is 10.9. The Morgan fingerprint density at radius 2 is 1.77 bits per heavy atom. The molecule has 0 spiro atoms. The molecule has 3 amide bonds. The molecule has 10 heteroatoms. The molecule has 0 saturated carbocycles. The second-order valence-electron chi connectivity index (χ2n) is 10.5. The van der Waals surface area contributed by atoms with E-state index < -0.39 is 42.2 Å². The monoisotopic (exact) mass is 561 g/mol. The number of carbonyl (C=O) groups is 3. The van der Waals surface area contributed by atoms with Crippen molar-refractivity contribution in [2.75, 3.05) is 18.5 Å². The zero-order chi connectivity index (χ0) is 29.3. The number of unbranched alkanes of at least 4 members (excludes halogenated alkanes) is 2. The molecular formula is C29H40ClN3O6. The van der Waals surface area contributed by atoms with Crippen molar-refractivity contribution in [3.05, 3.63) is 58.1 Å². The number of amides is 3.